The van der Waals surface area contributed by atoms with Crippen molar-refractivity contribution >= 4 is 0 Å². The van der Waals surface area contributed by atoms with Gasteiger partial charge in [0.05, 0.1) is 6.61 Å². The van der Waals surface area contributed by atoms with Gasteiger partial charge in [-0.15, -0.1) is 0 Å². The molecule has 0 unspecified atom stereocenters. The minimum atomic E-state index is 0.804. The average molecular weight is 232 g/mol. The molecule has 0 fully saturated rings. The molecule has 94 valence electrons. The van der Waals surface area contributed by atoms with E-state index >= 15 is 0 Å². The highest BCUT2D eigenvalue weighted by molar-refractivity contribution is 5.41. The van der Waals surface area contributed by atoms with Gasteiger partial charge in [-0.3, -0.25) is 0 Å². The van der Waals surface area contributed by atoms with Gasteiger partial charge in [-0.1, -0.05) is 25.1 Å². The predicted molar refractivity (Wildman–Crippen MR) is 74.8 cm³/mol. The van der Waals surface area contributed by atoms with Gasteiger partial charge in [0.2, 0.25) is 0 Å². The number of aryl methyl sites for hydroxylation is 3. The van der Waals surface area contributed by atoms with Crippen LogP contribution in [-0.2, 0) is 6.42 Å². The Morgan fingerprint density at radius 1 is 1.18 bits per heavy atom. The molecule has 1 nitrogen and oxygen atoms in total. The molecular formula is C16H24O. The largest absolute Gasteiger partial charge is 0.493 e. The molecular weight excluding hydrogens is 208 g/mol. The van der Waals surface area contributed by atoms with E-state index in [-0.39, 0.29) is 0 Å². The summed E-state index contributed by atoms with van der Waals surface area (Å²) in [5.41, 5.74) is 4.02. The van der Waals surface area contributed by atoms with E-state index in [4.69, 9.17) is 4.74 Å². The topological polar surface area (TPSA) is 9.23 Å². The molecule has 0 atom stereocenters. The minimum absolute atomic E-state index is 0.804. The number of rotatable bonds is 6. The highest BCUT2D eigenvalue weighted by Gasteiger charge is 2.04. The zero-order valence-corrected chi connectivity index (χ0v) is 11.5. The molecule has 1 aromatic carbocycles. The van der Waals surface area contributed by atoms with E-state index in [0.717, 1.165) is 31.6 Å². The van der Waals surface area contributed by atoms with Crippen molar-refractivity contribution in [3.63, 3.8) is 0 Å². The molecule has 0 radical (unpaired) electrons. The van der Waals surface area contributed by atoms with Crippen LogP contribution in [0.15, 0.2) is 24.3 Å². The van der Waals surface area contributed by atoms with Crippen LogP contribution < -0.4 is 4.74 Å². The van der Waals surface area contributed by atoms with Gasteiger partial charge < -0.3 is 4.74 Å². The minimum Gasteiger partial charge on any atom is -0.493 e. The number of hydrogen-bond donors (Lipinski definition) is 0. The zero-order valence-electron chi connectivity index (χ0n) is 11.5. The molecule has 1 aromatic rings. The van der Waals surface area contributed by atoms with E-state index in [1.807, 2.05) is 0 Å². The highest BCUT2D eigenvalue weighted by atomic mass is 16.5. The van der Waals surface area contributed by atoms with Crippen molar-refractivity contribution in [2.45, 2.75) is 47.0 Å². The Balaban J connectivity index is 2.77. The second-order valence-corrected chi connectivity index (χ2v) is 4.50. The van der Waals surface area contributed by atoms with Crippen LogP contribution in [0.25, 0.3) is 0 Å². The van der Waals surface area contributed by atoms with Crippen LogP contribution in [-0.4, -0.2) is 6.61 Å². The molecule has 0 N–H and O–H groups in total. The molecule has 1 heteroatoms. The van der Waals surface area contributed by atoms with Gasteiger partial charge in [0.25, 0.3) is 0 Å². The molecule has 0 bridgehead atoms. The molecule has 0 aliphatic rings. The van der Waals surface area contributed by atoms with Crippen molar-refractivity contribution in [3.05, 3.63) is 41.0 Å². The number of allylic oxidation sites excluding steroid dienone is 2. The smallest absolute Gasteiger partial charge is 0.122 e. The first-order valence-corrected chi connectivity index (χ1v) is 6.53. The quantitative estimate of drug-likeness (QED) is 0.651. The van der Waals surface area contributed by atoms with E-state index in [1.54, 1.807) is 0 Å². The lowest BCUT2D eigenvalue weighted by atomic mass is 10.0. The molecule has 0 spiro atoms. The summed E-state index contributed by atoms with van der Waals surface area (Å²) in [5, 5.41) is 0. The van der Waals surface area contributed by atoms with Gasteiger partial charge in [-0.25, -0.2) is 0 Å². The van der Waals surface area contributed by atoms with Gasteiger partial charge >= 0.3 is 0 Å². The fourth-order valence-corrected chi connectivity index (χ4v) is 1.89. The first kappa shape index (κ1) is 13.8. The second-order valence-electron chi connectivity index (χ2n) is 4.50. The van der Waals surface area contributed by atoms with Crippen molar-refractivity contribution in [1.29, 1.82) is 0 Å². The molecule has 0 aliphatic carbocycles. The fourth-order valence-electron chi connectivity index (χ4n) is 1.89. The lowest BCUT2D eigenvalue weighted by Gasteiger charge is -2.12. The molecule has 1 rings (SSSR count). The normalized spacial score (nSPS) is 11.1. The molecule has 17 heavy (non-hydrogen) atoms. The van der Waals surface area contributed by atoms with Gasteiger partial charge in [0.15, 0.2) is 0 Å². The van der Waals surface area contributed by atoms with E-state index in [0.29, 0.717) is 0 Å². The van der Waals surface area contributed by atoms with E-state index in [1.165, 1.54) is 16.7 Å². The van der Waals surface area contributed by atoms with Crippen LogP contribution >= 0.6 is 0 Å². The van der Waals surface area contributed by atoms with E-state index in [9.17, 15) is 0 Å². The summed E-state index contributed by atoms with van der Waals surface area (Å²) in [6.45, 7) is 9.30. The molecule has 0 aliphatic heterocycles. The lowest BCUT2D eigenvalue weighted by molar-refractivity contribution is 0.315. The zero-order chi connectivity index (χ0) is 12.7. The third kappa shape index (κ3) is 4.26. The number of ether oxygens (including phenoxy) is 1. The molecule has 0 amide bonds. The third-order valence-corrected chi connectivity index (χ3v) is 2.91. The Hall–Kier alpha value is -1.24. The van der Waals surface area contributed by atoms with Crippen LogP contribution in [0.3, 0.4) is 0 Å². The maximum atomic E-state index is 5.73. The Morgan fingerprint density at radius 3 is 2.59 bits per heavy atom. The molecule has 0 saturated heterocycles. The summed E-state index contributed by atoms with van der Waals surface area (Å²) < 4.78 is 5.73. The fraction of sp³-hybridized carbons (Fsp3) is 0.500. The summed E-state index contributed by atoms with van der Waals surface area (Å²) >= 11 is 0. The Morgan fingerprint density at radius 2 is 1.94 bits per heavy atom. The van der Waals surface area contributed by atoms with Gasteiger partial charge in [-0.05, 0) is 62.8 Å². The van der Waals surface area contributed by atoms with E-state index in [2.05, 4.69) is 52.0 Å². The average Bonchev–Trinajstić information content (AvgIpc) is 2.31. The van der Waals surface area contributed by atoms with Crippen LogP contribution in [0.5, 0.6) is 5.75 Å². The first-order chi connectivity index (χ1) is 8.19. The number of benzene rings is 1. The standard InChI is InChI=1S/C16H24O/c1-5-7-8-9-15-11-14(4)16(12-13(15)3)17-10-6-2/h5,7,11-12H,6,8-10H2,1-4H3/b7-5-. The van der Waals surface area contributed by atoms with Gasteiger partial charge in [0, 0.05) is 0 Å². The maximum absolute atomic E-state index is 5.73. The van der Waals surface area contributed by atoms with Crippen LogP contribution in [0, 0.1) is 13.8 Å². The Bertz CT molecular complexity index is 377. The second kappa shape index (κ2) is 7.16. The maximum Gasteiger partial charge on any atom is 0.122 e. The molecule has 0 aromatic heterocycles. The van der Waals surface area contributed by atoms with E-state index < -0.39 is 0 Å². The third-order valence-electron chi connectivity index (χ3n) is 2.91. The Kier molecular flexibility index (Phi) is 5.82. The van der Waals surface area contributed by atoms with Gasteiger partial charge in [0.1, 0.15) is 5.75 Å². The Labute approximate surface area is 106 Å². The van der Waals surface area contributed by atoms with Crippen molar-refractivity contribution in [2.24, 2.45) is 0 Å². The van der Waals surface area contributed by atoms with Crippen molar-refractivity contribution < 1.29 is 4.74 Å². The van der Waals surface area contributed by atoms with Crippen molar-refractivity contribution in [3.8, 4) is 5.75 Å². The summed E-state index contributed by atoms with van der Waals surface area (Å²) in [6, 6.07) is 4.44. The number of hydrogen-bond acceptors (Lipinski definition) is 1. The van der Waals surface area contributed by atoms with Crippen LogP contribution in [0.4, 0.5) is 0 Å². The SMILES string of the molecule is C/C=C\CCc1cc(C)c(OCCC)cc1C. The van der Waals surface area contributed by atoms with Gasteiger partial charge in [-0.2, -0.15) is 0 Å². The predicted octanol–water partition coefficient (Wildman–Crippen LogP) is 4.60. The molecule has 0 heterocycles. The molecule has 0 saturated carbocycles. The summed E-state index contributed by atoms with van der Waals surface area (Å²) in [4.78, 5) is 0. The summed E-state index contributed by atoms with van der Waals surface area (Å²) in [5.74, 6) is 1.04. The summed E-state index contributed by atoms with van der Waals surface area (Å²) in [7, 11) is 0. The lowest BCUT2D eigenvalue weighted by Crippen LogP contribution is -1.99. The van der Waals surface area contributed by atoms with Crippen molar-refractivity contribution in [1.82, 2.24) is 0 Å². The summed E-state index contributed by atoms with van der Waals surface area (Å²) in [6.07, 6.45) is 7.62. The highest BCUT2D eigenvalue weighted by Crippen LogP contribution is 2.24. The van der Waals surface area contributed by atoms with Crippen LogP contribution in [0.1, 0.15) is 43.4 Å². The first-order valence-electron chi connectivity index (χ1n) is 6.53. The monoisotopic (exact) mass is 232 g/mol. The van der Waals surface area contributed by atoms with Crippen molar-refractivity contribution in [2.75, 3.05) is 6.61 Å². The van der Waals surface area contributed by atoms with Crippen LogP contribution in [0.2, 0.25) is 0 Å².